The Morgan fingerprint density at radius 1 is 1.29 bits per heavy atom. The van der Waals surface area contributed by atoms with Crippen molar-refractivity contribution in [3.63, 3.8) is 0 Å². The first-order valence-electron chi connectivity index (χ1n) is 6.97. The minimum absolute atomic E-state index is 0.123. The number of halogens is 2. The van der Waals surface area contributed by atoms with Gasteiger partial charge in [0.25, 0.3) is 0 Å². The number of benzene rings is 2. The molecule has 21 heavy (non-hydrogen) atoms. The van der Waals surface area contributed by atoms with Crippen LogP contribution in [0.5, 0.6) is 0 Å². The van der Waals surface area contributed by atoms with Crippen LogP contribution in [-0.4, -0.2) is 11.7 Å². The van der Waals surface area contributed by atoms with E-state index < -0.39 is 6.10 Å². The highest BCUT2D eigenvalue weighted by molar-refractivity contribution is 9.10. The van der Waals surface area contributed by atoms with Gasteiger partial charge in [0, 0.05) is 10.9 Å². The first-order valence-corrected chi connectivity index (χ1v) is 7.77. The monoisotopic (exact) mass is 350 g/mol. The summed E-state index contributed by atoms with van der Waals surface area (Å²) in [6.45, 7) is 0.666. The summed E-state index contributed by atoms with van der Waals surface area (Å²) in [5.74, 6) is -0.322. The molecule has 0 fully saturated rings. The minimum Gasteiger partial charge on any atom is -0.388 e. The standard InChI is InChI=1S/C17H16BrFO2/c18-15-9-12(19)5-6-14(15)16(20)10-17-13-4-2-1-3-11(13)7-8-21-17/h1-6,9,16-17,20H,7-8,10H2. The highest BCUT2D eigenvalue weighted by atomic mass is 79.9. The molecule has 0 bridgehead atoms. The summed E-state index contributed by atoms with van der Waals surface area (Å²) < 4.78 is 19.5. The third kappa shape index (κ3) is 3.18. The van der Waals surface area contributed by atoms with E-state index in [0.717, 1.165) is 12.0 Å². The van der Waals surface area contributed by atoms with Crippen molar-refractivity contribution in [1.82, 2.24) is 0 Å². The van der Waals surface area contributed by atoms with E-state index in [1.807, 2.05) is 18.2 Å². The van der Waals surface area contributed by atoms with Crippen LogP contribution in [0.15, 0.2) is 46.9 Å². The van der Waals surface area contributed by atoms with Crippen molar-refractivity contribution < 1.29 is 14.2 Å². The Kier molecular flexibility index (Phi) is 4.38. The van der Waals surface area contributed by atoms with Crippen molar-refractivity contribution in [3.05, 3.63) is 69.4 Å². The van der Waals surface area contributed by atoms with Crippen molar-refractivity contribution >= 4 is 15.9 Å². The minimum atomic E-state index is -0.698. The van der Waals surface area contributed by atoms with Crippen LogP contribution in [0.2, 0.25) is 0 Å². The summed E-state index contributed by atoms with van der Waals surface area (Å²) in [6, 6.07) is 12.5. The first kappa shape index (κ1) is 14.7. The Labute approximate surface area is 131 Å². The summed E-state index contributed by atoms with van der Waals surface area (Å²) in [5, 5.41) is 10.4. The van der Waals surface area contributed by atoms with Gasteiger partial charge in [-0.05, 0) is 35.2 Å². The zero-order valence-electron chi connectivity index (χ0n) is 11.4. The van der Waals surface area contributed by atoms with Gasteiger partial charge in [-0.2, -0.15) is 0 Å². The highest BCUT2D eigenvalue weighted by Gasteiger charge is 2.24. The van der Waals surface area contributed by atoms with Crippen LogP contribution in [0.25, 0.3) is 0 Å². The van der Waals surface area contributed by atoms with E-state index in [2.05, 4.69) is 22.0 Å². The van der Waals surface area contributed by atoms with Gasteiger partial charge in [0.2, 0.25) is 0 Å². The van der Waals surface area contributed by atoms with E-state index in [9.17, 15) is 9.50 Å². The average Bonchev–Trinajstić information content (AvgIpc) is 2.47. The van der Waals surface area contributed by atoms with Crippen molar-refractivity contribution in [2.75, 3.05) is 6.61 Å². The van der Waals surface area contributed by atoms with Crippen LogP contribution < -0.4 is 0 Å². The fraction of sp³-hybridized carbons (Fsp3) is 0.294. The van der Waals surface area contributed by atoms with Crippen LogP contribution >= 0.6 is 15.9 Å². The van der Waals surface area contributed by atoms with Gasteiger partial charge < -0.3 is 9.84 Å². The molecule has 0 saturated carbocycles. The predicted molar refractivity (Wildman–Crippen MR) is 82.5 cm³/mol. The number of rotatable bonds is 3. The van der Waals surface area contributed by atoms with E-state index >= 15 is 0 Å². The van der Waals surface area contributed by atoms with Gasteiger partial charge in [0.05, 0.1) is 18.8 Å². The van der Waals surface area contributed by atoms with Crippen LogP contribution in [0.4, 0.5) is 4.39 Å². The molecule has 0 aromatic heterocycles. The van der Waals surface area contributed by atoms with Gasteiger partial charge in [-0.1, -0.05) is 46.3 Å². The third-order valence-electron chi connectivity index (χ3n) is 3.85. The van der Waals surface area contributed by atoms with E-state index in [1.54, 1.807) is 6.07 Å². The quantitative estimate of drug-likeness (QED) is 0.892. The Balaban J connectivity index is 1.81. The lowest BCUT2D eigenvalue weighted by Gasteiger charge is -2.28. The fourth-order valence-electron chi connectivity index (χ4n) is 2.77. The Morgan fingerprint density at radius 3 is 2.90 bits per heavy atom. The Morgan fingerprint density at radius 2 is 2.10 bits per heavy atom. The predicted octanol–water partition coefficient (Wildman–Crippen LogP) is 4.33. The molecule has 110 valence electrons. The maximum atomic E-state index is 13.1. The topological polar surface area (TPSA) is 29.5 Å². The molecule has 1 heterocycles. The molecule has 1 aliphatic heterocycles. The highest BCUT2D eigenvalue weighted by Crippen LogP contribution is 2.36. The lowest BCUT2D eigenvalue weighted by molar-refractivity contribution is 0.00360. The zero-order valence-corrected chi connectivity index (χ0v) is 13.0. The van der Waals surface area contributed by atoms with E-state index in [4.69, 9.17) is 4.74 Å². The second-order valence-corrected chi connectivity index (χ2v) is 6.08. The summed E-state index contributed by atoms with van der Waals surface area (Å²) >= 11 is 3.30. The second-order valence-electron chi connectivity index (χ2n) is 5.23. The lowest BCUT2D eigenvalue weighted by Crippen LogP contribution is -2.18. The number of aliphatic hydroxyl groups excluding tert-OH is 1. The van der Waals surface area contributed by atoms with Gasteiger partial charge >= 0.3 is 0 Å². The SMILES string of the molecule is OC(CC1OCCc2ccccc21)c1ccc(F)cc1Br. The van der Waals surface area contributed by atoms with Crippen molar-refractivity contribution in [2.45, 2.75) is 25.0 Å². The molecular formula is C17H16BrFO2. The molecule has 4 heteroatoms. The molecule has 0 radical (unpaired) electrons. The van der Waals surface area contributed by atoms with Crippen LogP contribution in [0.1, 0.15) is 35.3 Å². The van der Waals surface area contributed by atoms with Crippen molar-refractivity contribution in [3.8, 4) is 0 Å². The third-order valence-corrected chi connectivity index (χ3v) is 4.54. The molecule has 2 atom stereocenters. The van der Waals surface area contributed by atoms with Gasteiger partial charge in [0.1, 0.15) is 5.82 Å². The molecule has 0 amide bonds. The van der Waals surface area contributed by atoms with E-state index in [-0.39, 0.29) is 11.9 Å². The van der Waals surface area contributed by atoms with E-state index in [1.165, 1.54) is 17.7 Å². The van der Waals surface area contributed by atoms with E-state index in [0.29, 0.717) is 23.1 Å². The number of hydrogen-bond acceptors (Lipinski definition) is 2. The van der Waals surface area contributed by atoms with Crippen LogP contribution in [0, 0.1) is 5.82 Å². The summed E-state index contributed by atoms with van der Waals surface area (Å²) in [5.41, 5.74) is 3.10. The van der Waals surface area contributed by atoms with Gasteiger partial charge in [-0.3, -0.25) is 0 Å². The summed E-state index contributed by atoms with van der Waals surface area (Å²) in [6.07, 6.45) is 0.544. The molecule has 0 saturated heterocycles. The van der Waals surface area contributed by atoms with Crippen LogP contribution in [0.3, 0.4) is 0 Å². The number of hydrogen-bond donors (Lipinski definition) is 1. The van der Waals surface area contributed by atoms with Crippen molar-refractivity contribution in [2.24, 2.45) is 0 Å². The van der Waals surface area contributed by atoms with Gasteiger partial charge in [-0.25, -0.2) is 4.39 Å². The number of ether oxygens (including phenoxy) is 1. The molecular weight excluding hydrogens is 335 g/mol. The number of fused-ring (bicyclic) bond motifs is 1. The molecule has 0 aliphatic carbocycles. The Bertz CT molecular complexity index is 644. The molecule has 0 spiro atoms. The maximum Gasteiger partial charge on any atom is 0.124 e. The lowest BCUT2D eigenvalue weighted by atomic mass is 9.92. The molecule has 1 N–H and O–H groups in total. The maximum absolute atomic E-state index is 13.1. The average molecular weight is 351 g/mol. The molecule has 2 unspecified atom stereocenters. The summed E-state index contributed by atoms with van der Waals surface area (Å²) in [7, 11) is 0. The van der Waals surface area contributed by atoms with Gasteiger partial charge in [0.15, 0.2) is 0 Å². The Hall–Kier alpha value is -1.23. The second kappa shape index (κ2) is 6.26. The normalized spacial score (nSPS) is 19.1. The van der Waals surface area contributed by atoms with Gasteiger partial charge in [-0.15, -0.1) is 0 Å². The number of aliphatic hydroxyl groups is 1. The summed E-state index contributed by atoms with van der Waals surface area (Å²) in [4.78, 5) is 0. The molecule has 2 aromatic carbocycles. The molecule has 2 nitrogen and oxygen atoms in total. The first-order chi connectivity index (χ1) is 10.1. The van der Waals surface area contributed by atoms with Crippen LogP contribution in [-0.2, 0) is 11.2 Å². The zero-order chi connectivity index (χ0) is 14.8. The molecule has 1 aliphatic rings. The molecule has 2 aromatic rings. The fourth-order valence-corrected chi connectivity index (χ4v) is 3.39. The van der Waals surface area contributed by atoms with Crippen molar-refractivity contribution in [1.29, 1.82) is 0 Å². The largest absolute Gasteiger partial charge is 0.388 e. The smallest absolute Gasteiger partial charge is 0.124 e. The molecule has 3 rings (SSSR count).